The molecular formula is C13H19N3O5. The first kappa shape index (κ1) is 16.8. The molecule has 0 bridgehead atoms. The number of aliphatic carboxylic acids is 1. The summed E-state index contributed by atoms with van der Waals surface area (Å²) in [6, 6.07) is 0. The van der Waals surface area contributed by atoms with Gasteiger partial charge in [0.05, 0.1) is 12.2 Å². The van der Waals surface area contributed by atoms with Crippen LogP contribution in [0.5, 0.6) is 0 Å². The topological polar surface area (TPSA) is 121 Å². The summed E-state index contributed by atoms with van der Waals surface area (Å²) >= 11 is 0. The molecule has 8 heteroatoms. The summed E-state index contributed by atoms with van der Waals surface area (Å²) in [6.45, 7) is 3.46. The Morgan fingerprint density at radius 3 is 2.52 bits per heavy atom. The van der Waals surface area contributed by atoms with E-state index in [9.17, 15) is 14.4 Å². The number of carbonyl (C=O) groups excluding carboxylic acids is 1. The van der Waals surface area contributed by atoms with Crippen molar-refractivity contribution in [2.75, 3.05) is 13.7 Å². The molecule has 0 aliphatic heterocycles. The summed E-state index contributed by atoms with van der Waals surface area (Å²) in [5.74, 6) is -1.82. The monoisotopic (exact) mass is 297 g/mol. The molecule has 1 heterocycles. The van der Waals surface area contributed by atoms with Crippen LogP contribution in [0.15, 0.2) is 4.79 Å². The quantitative estimate of drug-likeness (QED) is 0.636. The van der Waals surface area contributed by atoms with Gasteiger partial charge in [-0.05, 0) is 18.4 Å². The smallest absolute Gasteiger partial charge is 0.334 e. The second-order valence-corrected chi connectivity index (χ2v) is 4.33. The Labute approximate surface area is 121 Å². The molecule has 0 fully saturated rings. The second-order valence-electron chi connectivity index (χ2n) is 4.33. The summed E-state index contributed by atoms with van der Waals surface area (Å²) in [4.78, 5) is 34.8. The normalized spacial score (nSPS) is 12.0. The first-order valence-electron chi connectivity index (χ1n) is 6.60. The lowest BCUT2D eigenvalue weighted by atomic mass is 10.0. The van der Waals surface area contributed by atoms with Gasteiger partial charge in [0.1, 0.15) is 5.56 Å². The van der Waals surface area contributed by atoms with Gasteiger partial charge in [-0.2, -0.15) is 5.10 Å². The molecule has 3 N–H and O–H groups in total. The van der Waals surface area contributed by atoms with E-state index in [4.69, 9.17) is 9.84 Å². The van der Waals surface area contributed by atoms with Crippen LogP contribution in [0, 0.1) is 0 Å². The predicted octanol–water partition coefficient (Wildman–Crippen LogP) is -0.276. The molecule has 0 spiro atoms. The molecule has 1 amide bonds. The number of nitrogens with zero attached hydrogens (tertiary/aromatic N) is 1. The molecule has 1 atom stereocenters. The number of carboxylic acids is 1. The number of methoxy groups -OCH3 is 1. The van der Waals surface area contributed by atoms with Crippen LogP contribution >= 0.6 is 0 Å². The SMILES string of the molecule is CCc1n[nH]c(=O)c(C(=O)NCC(OC)C(=O)O)c1CC. The van der Waals surface area contributed by atoms with Crippen LogP contribution in [0.25, 0.3) is 0 Å². The van der Waals surface area contributed by atoms with E-state index >= 15 is 0 Å². The molecule has 8 nitrogen and oxygen atoms in total. The van der Waals surface area contributed by atoms with E-state index in [1.165, 1.54) is 7.11 Å². The summed E-state index contributed by atoms with van der Waals surface area (Å²) in [5, 5.41) is 17.4. The highest BCUT2D eigenvalue weighted by atomic mass is 16.5. The Bertz CT molecular complexity index is 582. The fourth-order valence-electron chi connectivity index (χ4n) is 1.98. The number of aromatic amines is 1. The lowest BCUT2D eigenvalue weighted by molar-refractivity contribution is -0.148. The van der Waals surface area contributed by atoms with Crippen molar-refractivity contribution in [3.05, 3.63) is 27.2 Å². The minimum absolute atomic E-state index is 0.0235. The molecule has 116 valence electrons. The van der Waals surface area contributed by atoms with Crippen LogP contribution in [0.1, 0.15) is 35.5 Å². The van der Waals surface area contributed by atoms with Gasteiger partial charge in [0.15, 0.2) is 6.10 Å². The van der Waals surface area contributed by atoms with E-state index in [2.05, 4.69) is 15.5 Å². The minimum atomic E-state index is -1.19. The molecule has 0 radical (unpaired) electrons. The highest BCUT2D eigenvalue weighted by Crippen LogP contribution is 2.10. The van der Waals surface area contributed by atoms with Crippen LogP contribution in [0.2, 0.25) is 0 Å². The lowest BCUT2D eigenvalue weighted by Crippen LogP contribution is -2.40. The van der Waals surface area contributed by atoms with E-state index in [1.54, 1.807) is 0 Å². The Hall–Kier alpha value is -2.22. The predicted molar refractivity (Wildman–Crippen MR) is 74.4 cm³/mol. The fraction of sp³-hybridized carbons (Fsp3) is 0.538. The first-order chi connectivity index (χ1) is 9.96. The number of ether oxygens (including phenoxy) is 1. The fourth-order valence-corrected chi connectivity index (χ4v) is 1.98. The maximum absolute atomic E-state index is 12.1. The highest BCUT2D eigenvalue weighted by molar-refractivity contribution is 5.95. The molecule has 1 unspecified atom stereocenters. The van der Waals surface area contributed by atoms with Gasteiger partial charge in [-0.15, -0.1) is 0 Å². The number of rotatable bonds is 7. The summed E-state index contributed by atoms with van der Waals surface area (Å²) in [5.41, 5.74) is 0.599. The standard InChI is InChI=1S/C13H19N3O5/c1-4-7-8(5-2)15-16-12(18)10(7)11(17)14-6-9(21-3)13(19)20/h9H,4-6H2,1-3H3,(H,14,17)(H,16,18)(H,19,20). The number of hydrogen-bond donors (Lipinski definition) is 3. The lowest BCUT2D eigenvalue weighted by Gasteiger charge is -2.13. The average Bonchev–Trinajstić information content (AvgIpc) is 2.46. The number of aryl methyl sites for hydroxylation is 1. The Morgan fingerprint density at radius 1 is 1.38 bits per heavy atom. The second kappa shape index (κ2) is 7.53. The number of nitrogens with one attached hydrogen (secondary N) is 2. The minimum Gasteiger partial charge on any atom is -0.479 e. The van der Waals surface area contributed by atoms with Crippen molar-refractivity contribution in [2.24, 2.45) is 0 Å². The molecule has 0 aliphatic carbocycles. The van der Waals surface area contributed by atoms with Crippen molar-refractivity contribution in [1.82, 2.24) is 15.5 Å². The van der Waals surface area contributed by atoms with Gasteiger partial charge in [0.2, 0.25) is 0 Å². The van der Waals surface area contributed by atoms with Crippen LogP contribution in [0.4, 0.5) is 0 Å². The van der Waals surface area contributed by atoms with Crippen molar-refractivity contribution < 1.29 is 19.4 Å². The van der Waals surface area contributed by atoms with E-state index in [-0.39, 0.29) is 12.1 Å². The van der Waals surface area contributed by atoms with Crippen molar-refractivity contribution in [2.45, 2.75) is 32.8 Å². The third-order valence-corrected chi connectivity index (χ3v) is 3.09. The Morgan fingerprint density at radius 2 is 2.05 bits per heavy atom. The molecule has 1 rings (SSSR count). The third-order valence-electron chi connectivity index (χ3n) is 3.09. The zero-order chi connectivity index (χ0) is 16.0. The molecule has 1 aromatic rings. The molecule has 0 aliphatic rings. The van der Waals surface area contributed by atoms with Crippen molar-refractivity contribution in [3.8, 4) is 0 Å². The summed E-state index contributed by atoms with van der Waals surface area (Å²) in [7, 11) is 1.23. The third kappa shape index (κ3) is 3.88. The van der Waals surface area contributed by atoms with E-state index in [0.29, 0.717) is 24.1 Å². The zero-order valence-corrected chi connectivity index (χ0v) is 12.2. The van der Waals surface area contributed by atoms with Gasteiger partial charge in [0.25, 0.3) is 11.5 Å². The molecule has 21 heavy (non-hydrogen) atoms. The van der Waals surface area contributed by atoms with E-state index in [0.717, 1.165) is 0 Å². The van der Waals surface area contributed by atoms with Crippen LogP contribution in [0.3, 0.4) is 0 Å². The van der Waals surface area contributed by atoms with Gasteiger partial charge in [-0.1, -0.05) is 13.8 Å². The van der Waals surface area contributed by atoms with Gasteiger partial charge >= 0.3 is 5.97 Å². The van der Waals surface area contributed by atoms with Crippen molar-refractivity contribution in [1.29, 1.82) is 0 Å². The van der Waals surface area contributed by atoms with Crippen LogP contribution in [-0.4, -0.2) is 46.9 Å². The number of H-pyrrole nitrogens is 1. The molecule has 0 saturated carbocycles. The first-order valence-corrected chi connectivity index (χ1v) is 6.60. The molecule has 0 saturated heterocycles. The summed E-state index contributed by atoms with van der Waals surface area (Å²) < 4.78 is 4.72. The van der Waals surface area contributed by atoms with Gasteiger partial charge in [0, 0.05) is 7.11 Å². The molecule has 1 aromatic heterocycles. The van der Waals surface area contributed by atoms with Crippen LogP contribution in [-0.2, 0) is 22.4 Å². The average molecular weight is 297 g/mol. The van der Waals surface area contributed by atoms with Gasteiger partial charge in [-0.3, -0.25) is 9.59 Å². The molecular weight excluding hydrogens is 278 g/mol. The number of aromatic nitrogens is 2. The van der Waals surface area contributed by atoms with Gasteiger partial charge < -0.3 is 15.2 Å². The van der Waals surface area contributed by atoms with E-state index < -0.39 is 23.5 Å². The molecule has 0 aromatic carbocycles. The number of hydrogen-bond acceptors (Lipinski definition) is 5. The zero-order valence-electron chi connectivity index (χ0n) is 12.2. The Kier molecular flexibility index (Phi) is 6.04. The summed E-state index contributed by atoms with van der Waals surface area (Å²) in [6.07, 6.45) is -0.100. The maximum atomic E-state index is 12.1. The largest absolute Gasteiger partial charge is 0.479 e. The van der Waals surface area contributed by atoms with Crippen molar-refractivity contribution >= 4 is 11.9 Å². The maximum Gasteiger partial charge on any atom is 0.334 e. The number of carboxylic acid groups (broad SMARTS) is 1. The number of amides is 1. The van der Waals surface area contributed by atoms with Crippen molar-refractivity contribution in [3.63, 3.8) is 0 Å². The highest BCUT2D eigenvalue weighted by Gasteiger charge is 2.22. The Balaban J connectivity index is 3.02. The van der Waals surface area contributed by atoms with Gasteiger partial charge in [-0.25, -0.2) is 9.89 Å². The number of carbonyl (C=O) groups is 2. The van der Waals surface area contributed by atoms with Crippen LogP contribution < -0.4 is 10.9 Å². The van der Waals surface area contributed by atoms with E-state index in [1.807, 2.05) is 13.8 Å².